The number of primary amides is 1. The van der Waals surface area contributed by atoms with Gasteiger partial charge in [0, 0.05) is 49.6 Å². The van der Waals surface area contributed by atoms with Crippen molar-refractivity contribution >= 4 is 47.3 Å². The molecule has 6 atom stereocenters. The third kappa shape index (κ3) is 14.7. The molecule has 3 aromatic rings. The number of amides is 7. The Morgan fingerprint density at radius 2 is 1.46 bits per heavy atom. The number of phenolic OH excluding ortho intramolecular Hbond substituents is 1. The monoisotopic (exact) mass is 851 g/mol. The van der Waals surface area contributed by atoms with Crippen LogP contribution in [0, 0.1) is 0 Å². The summed E-state index contributed by atoms with van der Waals surface area (Å²) >= 11 is 0. The Bertz CT molecular complexity index is 1960. The third-order valence-corrected chi connectivity index (χ3v) is 9.81. The highest BCUT2D eigenvalue weighted by Gasteiger charge is 2.39. The summed E-state index contributed by atoms with van der Waals surface area (Å²) in [6.07, 6.45) is 6.57. The molecule has 0 unspecified atom stereocenters. The molecule has 1 saturated heterocycles. The Hall–Kier alpha value is -6.88. The fourth-order valence-corrected chi connectivity index (χ4v) is 6.64. The lowest BCUT2D eigenvalue weighted by Crippen LogP contribution is -2.58. The van der Waals surface area contributed by atoms with Crippen LogP contribution in [0.2, 0.25) is 0 Å². The van der Waals surface area contributed by atoms with Gasteiger partial charge in [0.1, 0.15) is 36.0 Å². The number of hydrogen-bond donors (Lipinski definition) is 12. The smallest absolute Gasteiger partial charge is 0.326 e. The maximum atomic E-state index is 14.2. The van der Waals surface area contributed by atoms with Gasteiger partial charge in [-0.15, -0.1) is 0 Å². The van der Waals surface area contributed by atoms with Crippen LogP contribution in [0.25, 0.3) is 0 Å². The van der Waals surface area contributed by atoms with Crippen LogP contribution in [0.5, 0.6) is 5.75 Å². The molecule has 23 nitrogen and oxygen atoms in total. The summed E-state index contributed by atoms with van der Waals surface area (Å²) in [6, 6.07) is -1.42. The van der Waals surface area contributed by atoms with Crippen LogP contribution in [0.3, 0.4) is 0 Å². The fraction of sp³-hybridized carbons (Fsp3) is 0.474. The number of nitrogens with one attached hydrogen (secondary N) is 7. The standard InChI is InChI=1S/C38H53N13O10/c39-10-2-1-4-26(34(56)44-18-32(54)47-27(15-31(41)53)35(57)50-29(38(60)61)14-23-17-43-20-46-23)48-36(58)30-5-3-11-51(30)37(59)28(12-21-6-8-24(52)9-7-21)49-33(55)25(40)13-22-16-42-19-45-22/h6-9,16-17,19-20,25-30,52H,1-5,10-15,18,39-40H2,(H2,41,53)(H,42,45)(H,43,46)(H,44,56)(H,47,54)(H,48,58)(H,49,55)(H,50,57)(H,60,61)/t25-,26-,27-,28-,29-,30-/m0/s1. The second-order valence-electron chi connectivity index (χ2n) is 14.5. The Kier molecular flexibility index (Phi) is 17.7. The lowest BCUT2D eigenvalue weighted by atomic mass is 10.0. The van der Waals surface area contributed by atoms with Crippen LogP contribution in [0.1, 0.15) is 55.5 Å². The van der Waals surface area contributed by atoms with E-state index in [9.17, 15) is 48.6 Å². The lowest BCUT2D eigenvalue weighted by molar-refractivity contribution is -0.142. The molecule has 4 rings (SSSR count). The second-order valence-corrected chi connectivity index (χ2v) is 14.5. The first kappa shape index (κ1) is 46.8. The van der Waals surface area contributed by atoms with Gasteiger partial charge in [0.05, 0.1) is 31.7 Å². The van der Waals surface area contributed by atoms with Gasteiger partial charge in [-0.3, -0.25) is 33.6 Å². The number of carboxylic acids is 1. The van der Waals surface area contributed by atoms with Crippen molar-refractivity contribution in [3.63, 3.8) is 0 Å². The van der Waals surface area contributed by atoms with E-state index >= 15 is 0 Å². The minimum absolute atomic E-state index is 0.00239. The van der Waals surface area contributed by atoms with Gasteiger partial charge in [-0.25, -0.2) is 14.8 Å². The number of aromatic amines is 2. The van der Waals surface area contributed by atoms with Gasteiger partial charge in [-0.2, -0.15) is 0 Å². The number of nitrogens with two attached hydrogens (primary N) is 3. The minimum atomic E-state index is -1.59. The molecule has 15 N–H and O–H groups in total. The zero-order valence-corrected chi connectivity index (χ0v) is 33.3. The van der Waals surface area contributed by atoms with E-state index < -0.39 is 96.5 Å². The Morgan fingerprint density at radius 1 is 0.803 bits per heavy atom. The molecule has 1 aromatic carbocycles. The predicted octanol–water partition coefficient (Wildman–Crippen LogP) is -3.67. The van der Waals surface area contributed by atoms with Gasteiger partial charge in [0.15, 0.2) is 0 Å². The van der Waals surface area contributed by atoms with Crippen LogP contribution in [0.15, 0.2) is 49.3 Å². The van der Waals surface area contributed by atoms with E-state index in [1.807, 2.05) is 0 Å². The Labute approximate surface area is 349 Å². The van der Waals surface area contributed by atoms with Gasteiger partial charge in [-0.1, -0.05) is 12.1 Å². The van der Waals surface area contributed by atoms with Crippen molar-refractivity contribution in [3.05, 3.63) is 66.3 Å². The number of unbranched alkanes of at least 4 members (excludes halogenated alkanes) is 1. The highest BCUT2D eigenvalue weighted by Crippen LogP contribution is 2.21. The summed E-state index contributed by atoms with van der Waals surface area (Å²) in [4.78, 5) is 119. The molecular formula is C38H53N13O10. The van der Waals surface area contributed by atoms with Crippen molar-refractivity contribution < 1.29 is 48.6 Å². The number of rotatable bonds is 24. The van der Waals surface area contributed by atoms with Crippen molar-refractivity contribution in [2.24, 2.45) is 17.2 Å². The van der Waals surface area contributed by atoms with Gasteiger partial charge in [0.25, 0.3) is 0 Å². The Morgan fingerprint density at radius 3 is 2.07 bits per heavy atom. The number of nitrogens with zero attached hydrogens (tertiary/aromatic N) is 3. The summed E-state index contributed by atoms with van der Waals surface area (Å²) in [5, 5.41) is 31.8. The molecule has 23 heteroatoms. The van der Waals surface area contributed by atoms with Crippen molar-refractivity contribution in [1.29, 1.82) is 0 Å². The van der Waals surface area contributed by atoms with Crippen LogP contribution in [-0.2, 0) is 57.6 Å². The van der Waals surface area contributed by atoms with Crippen LogP contribution in [-0.4, -0.2) is 138 Å². The number of carbonyl (C=O) groups excluding carboxylic acids is 7. The second kappa shape index (κ2) is 23.1. The summed E-state index contributed by atoms with van der Waals surface area (Å²) < 4.78 is 0. The highest BCUT2D eigenvalue weighted by molar-refractivity contribution is 5.97. The number of hydrogen-bond acceptors (Lipinski definition) is 13. The molecule has 61 heavy (non-hydrogen) atoms. The normalized spacial score (nSPS) is 16.0. The molecule has 0 radical (unpaired) electrons. The molecule has 0 saturated carbocycles. The number of phenols is 1. The predicted molar refractivity (Wildman–Crippen MR) is 214 cm³/mol. The zero-order chi connectivity index (χ0) is 44.5. The maximum absolute atomic E-state index is 14.2. The molecule has 2 aromatic heterocycles. The van der Waals surface area contributed by atoms with Gasteiger partial charge < -0.3 is 68.9 Å². The quantitative estimate of drug-likeness (QED) is 0.0387. The number of H-pyrrole nitrogens is 2. The number of carbonyl (C=O) groups is 8. The lowest BCUT2D eigenvalue weighted by Gasteiger charge is -2.30. The molecule has 1 aliphatic rings. The number of aromatic nitrogens is 4. The van der Waals surface area contributed by atoms with E-state index in [2.05, 4.69) is 46.5 Å². The van der Waals surface area contributed by atoms with Crippen LogP contribution >= 0.6 is 0 Å². The third-order valence-electron chi connectivity index (χ3n) is 9.81. The minimum Gasteiger partial charge on any atom is -0.508 e. The number of aliphatic carboxylic acids is 1. The molecular weight excluding hydrogens is 798 g/mol. The SMILES string of the molecule is NCCCC[C@H](NC(=O)[C@@H]1CCCN1C(=O)[C@H](Cc1ccc(O)cc1)NC(=O)[C@@H](N)Cc1cnc[nH]1)C(=O)NCC(=O)N[C@@H](CC(N)=O)C(=O)N[C@@H](Cc1cnc[nH]1)C(=O)O. The molecule has 7 amide bonds. The number of imidazole rings is 2. The van der Waals surface area contributed by atoms with Crippen molar-refractivity contribution in [1.82, 2.24) is 51.4 Å². The zero-order valence-electron chi connectivity index (χ0n) is 33.3. The van der Waals surface area contributed by atoms with Crippen molar-refractivity contribution in [2.45, 2.75) is 94.0 Å². The molecule has 3 heterocycles. The highest BCUT2D eigenvalue weighted by atomic mass is 16.4. The first-order chi connectivity index (χ1) is 29.1. The molecule has 1 fully saturated rings. The van der Waals surface area contributed by atoms with E-state index in [0.29, 0.717) is 42.8 Å². The Balaban J connectivity index is 1.41. The van der Waals surface area contributed by atoms with Gasteiger partial charge >= 0.3 is 5.97 Å². The average molecular weight is 852 g/mol. The molecule has 0 aliphatic carbocycles. The number of aromatic hydroxyl groups is 1. The molecule has 0 spiro atoms. The first-order valence-corrected chi connectivity index (χ1v) is 19.6. The molecule has 330 valence electrons. The van der Waals surface area contributed by atoms with Gasteiger partial charge in [-0.05, 0) is 56.3 Å². The fourth-order valence-electron chi connectivity index (χ4n) is 6.64. The van der Waals surface area contributed by atoms with Crippen LogP contribution < -0.4 is 43.8 Å². The van der Waals surface area contributed by atoms with Crippen LogP contribution in [0.4, 0.5) is 0 Å². The largest absolute Gasteiger partial charge is 0.508 e. The summed E-state index contributed by atoms with van der Waals surface area (Å²) in [5.41, 5.74) is 18.7. The maximum Gasteiger partial charge on any atom is 0.326 e. The molecule has 1 aliphatic heterocycles. The van der Waals surface area contributed by atoms with E-state index in [1.165, 1.54) is 42.1 Å². The van der Waals surface area contributed by atoms with E-state index in [-0.39, 0.29) is 44.4 Å². The molecule has 0 bridgehead atoms. The summed E-state index contributed by atoms with van der Waals surface area (Å²) in [6.45, 7) is -0.251. The topological polar surface area (TPSA) is 376 Å². The number of likely N-dealkylation sites (tertiary alicyclic amines) is 1. The van der Waals surface area contributed by atoms with E-state index in [0.717, 1.165) is 0 Å². The summed E-state index contributed by atoms with van der Waals surface area (Å²) in [7, 11) is 0. The van der Waals surface area contributed by atoms with Gasteiger partial charge in [0.2, 0.25) is 41.4 Å². The van der Waals surface area contributed by atoms with Crippen molar-refractivity contribution in [2.75, 3.05) is 19.6 Å². The number of benzene rings is 1. The number of carboxylic acid groups (broad SMARTS) is 1. The summed E-state index contributed by atoms with van der Waals surface area (Å²) in [5.74, 6) is -6.94. The van der Waals surface area contributed by atoms with Crippen molar-refractivity contribution in [3.8, 4) is 5.75 Å². The first-order valence-electron chi connectivity index (χ1n) is 19.6. The van der Waals surface area contributed by atoms with E-state index in [4.69, 9.17) is 17.2 Å². The van der Waals surface area contributed by atoms with E-state index in [1.54, 1.807) is 12.1 Å². The average Bonchev–Trinajstić information content (AvgIpc) is 4.04.